The van der Waals surface area contributed by atoms with Gasteiger partial charge in [-0.25, -0.2) is 4.79 Å². The molecule has 0 aliphatic carbocycles. The lowest BCUT2D eigenvalue weighted by Gasteiger charge is -2.22. The molecule has 0 radical (unpaired) electrons. The van der Waals surface area contributed by atoms with Crippen LogP contribution >= 0.6 is 0 Å². The minimum Gasteiger partial charge on any atom is -0.469 e. The van der Waals surface area contributed by atoms with Crippen molar-refractivity contribution in [1.82, 2.24) is 10.6 Å². The first-order chi connectivity index (χ1) is 7.16. The zero-order valence-corrected chi connectivity index (χ0v) is 8.37. The monoisotopic (exact) mass is 208 g/mol. The second-order valence-corrected chi connectivity index (χ2v) is 3.60. The van der Waals surface area contributed by atoms with E-state index in [1.165, 1.54) is 0 Å². The third kappa shape index (κ3) is 1.60. The van der Waals surface area contributed by atoms with Crippen LogP contribution in [0, 0.1) is 0 Å². The first-order valence-corrected chi connectivity index (χ1v) is 4.82. The van der Waals surface area contributed by atoms with E-state index in [1.54, 1.807) is 18.4 Å². The topological polar surface area (TPSA) is 71.3 Å². The van der Waals surface area contributed by atoms with E-state index >= 15 is 0 Å². The van der Waals surface area contributed by atoms with Crippen LogP contribution in [-0.4, -0.2) is 17.5 Å². The molecule has 2 heterocycles. The standard InChI is InChI=1S/C10H12N2O3/c1-2-10(6-7-4-3-5-15-7)8(13)11-9(14)12-10/h3-5H,2,6H2,1H3,(H2,11,12,13,14). The number of hydrogen-bond donors (Lipinski definition) is 2. The summed E-state index contributed by atoms with van der Waals surface area (Å²) in [7, 11) is 0. The highest BCUT2D eigenvalue weighted by molar-refractivity contribution is 6.07. The molecule has 1 aliphatic heterocycles. The number of hydrogen-bond acceptors (Lipinski definition) is 3. The molecule has 1 fully saturated rings. The highest BCUT2D eigenvalue weighted by Crippen LogP contribution is 2.21. The fourth-order valence-electron chi connectivity index (χ4n) is 1.74. The van der Waals surface area contributed by atoms with Crippen LogP contribution in [0.4, 0.5) is 4.79 Å². The molecule has 2 rings (SSSR count). The number of imide groups is 1. The Morgan fingerprint density at radius 2 is 2.27 bits per heavy atom. The molecular weight excluding hydrogens is 196 g/mol. The van der Waals surface area contributed by atoms with Crippen LogP contribution in [0.5, 0.6) is 0 Å². The van der Waals surface area contributed by atoms with Gasteiger partial charge in [0.25, 0.3) is 5.91 Å². The second kappa shape index (κ2) is 3.42. The number of carbonyl (C=O) groups is 2. The molecule has 1 aromatic heterocycles. The Bertz CT molecular complexity index is 385. The minimum absolute atomic E-state index is 0.286. The normalized spacial score (nSPS) is 25.1. The number of nitrogens with one attached hydrogen (secondary N) is 2. The SMILES string of the molecule is CCC1(Cc2ccco2)NC(=O)NC1=O. The van der Waals surface area contributed by atoms with Crippen molar-refractivity contribution >= 4 is 11.9 Å². The van der Waals surface area contributed by atoms with Gasteiger partial charge in [0.15, 0.2) is 0 Å². The number of carbonyl (C=O) groups excluding carboxylic acids is 2. The maximum Gasteiger partial charge on any atom is 0.322 e. The summed E-state index contributed by atoms with van der Waals surface area (Å²) < 4.78 is 5.17. The third-order valence-electron chi connectivity index (χ3n) is 2.67. The van der Waals surface area contributed by atoms with E-state index in [4.69, 9.17) is 4.42 Å². The van der Waals surface area contributed by atoms with Gasteiger partial charge in [0.1, 0.15) is 11.3 Å². The van der Waals surface area contributed by atoms with Gasteiger partial charge < -0.3 is 9.73 Å². The fraction of sp³-hybridized carbons (Fsp3) is 0.400. The Hall–Kier alpha value is -1.78. The van der Waals surface area contributed by atoms with E-state index in [1.807, 2.05) is 6.92 Å². The fourth-order valence-corrected chi connectivity index (χ4v) is 1.74. The summed E-state index contributed by atoms with van der Waals surface area (Å²) in [5.74, 6) is 0.403. The quantitative estimate of drug-likeness (QED) is 0.722. The average molecular weight is 208 g/mol. The van der Waals surface area contributed by atoms with Gasteiger partial charge in [0.2, 0.25) is 0 Å². The number of amides is 3. The van der Waals surface area contributed by atoms with Crippen LogP contribution in [0.1, 0.15) is 19.1 Å². The van der Waals surface area contributed by atoms with Gasteiger partial charge in [-0.3, -0.25) is 10.1 Å². The molecule has 5 nitrogen and oxygen atoms in total. The molecule has 2 N–H and O–H groups in total. The Kier molecular flexibility index (Phi) is 2.22. The van der Waals surface area contributed by atoms with Gasteiger partial charge in [-0.05, 0) is 18.6 Å². The van der Waals surface area contributed by atoms with Crippen molar-refractivity contribution in [2.24, 2.45) is 0 Å². The molecule has 0 spiro atoms. The number of rotatable bonds is 3. The van der Waals surface area contributed by atoms with Crippen molar-refractivity contribution in [2.75, 3.05) is 0 Å². The number of furan rings is 1. The maximum atomic E-state index is 11.6. The zero-order chi connectivity index (χ0) is 10.9. The van der Waals surface area contributed by atoms with E-state index in [0.29, 0.717) is 18.6 Å². The van der Waals surface area contributed by atoms with Gasteiger partial charge in [-0.1, -0.05) is 6.92 Å². The van der Waals surface area contributed by atoms with E-state index < -0.39 is 11.6 Å². The highest BCUT2D eigenvalue weighted by atomic mass is 16.3. The van der Waals surface area contributed by atoms with Crippen LogP contribution in [0.3, 0.4) is 0 Å². The van der Waals surface area contributed by atoms with Crippen molar-refractivity contribution in [3.05, 3.63) is 24.2 Å². The second-order valence-electron chi connectivity index (χ2n) is 3.60. The van der Waals surface area contributed by atoms with Crippen LogP contribution < -0.4 is 10.6 Å². The van der Waals surface area contributed by atoms with Gasteiger partial charge in [-0.2, -0.15) is 0 Å². The first-order valence-electron chi connectivity index (χ1n) is 4.82. The van der Waals surface area contributed by atoms with Crippen LogP contribution in [-0.2, 0) is 11.2 Å². The predicted octanol–water partition coefficient (Wildman–Crippen LogP) is 0.810. The lowest BCUT2D eigenvalue weighted by molar-refractivity contribution is -0.124. The zero-order valence-electron chi connectivity index (χ0n) is 8.37. The Morgan fingerprint density at radius 1 is 1.47 bits per heavy atom. The minimum atomic E-state index is -0.852. The summed E-state index contributed by atoms with van der Waals surface area (Å²) in [6, 6.07) is 3.11. The van der Waals surface area contributed by atoms with E-state index in [9.17, 15) is 9.59 Å². The van der Waals surface area contributed by atoms with E-state index in [0.717, 1.165) is 0 Å². The molecule has 5 heteroatoms. The van der Waals surface area contributed by atoms with Crippen LogP contribution in [0.15, 0.2) is 22.8 Å². The van der Waals surface area contributed by atoms with Gasteiger partial charge in [0, 0.05) is 6.42 Å². The molecule has 15 heavy (non-hydrogen) atoms. The molecule has 1 aromatic rings. The van der Waals surface area contributed by atoms with Gasteiger partial charge in [-0.15, -0.1) is 0 Å². The first kappa shape index (κ1) is 9.76. The summed E-state index contributed by atoms with van der Waals surface area (Å²) in [5.41, 5.74) is -0.852. The third-order valence-corrected chi connectivity index (χ3v) is 2.67. The van der Waals surface area contributed by atoms with E-state index in [-0.39, 0.29) is 5.91 Å². The Balaban J connectivity index is 2.22. The average Bonchev–Trinajstić information content (AvgIpc) is 2.77. The van der Waals surface area contributed by atoms with Crippen LogP contribution in [0.2, 0.25) is 0 Å². The van der Waals surface area contributed by atoms with Crippen molar-refractivity contribution < 1.29 is 14.0 Å². The highest BCUT2D eigenvalue weighted by Gasteiger charge is 2.45. The molecule has 1 aliphatic rings. The maximum absolute atomic E-state index is 11.6. The molecule has 1 saturated heterocycles. The predicted molar refractivity (Wildman–Crippen MR) is 52.1 cm³/mol. The molecular formula is C10H12N2O3. The summed E-state index contributed by atoms with van der Waals surface area (Å²) in [5, 5.41) is 4.89. The molecule has 1 unspecified atom stereocenters. The van der Waals surface area contributed by atoms with Gasteiger partial charge >= 0.3 is 6.03 Å². The lowest BCUT2D eigenvalue weighted by atomic mass is 9.91. The summed E-state index contributed by atoms with van der Waals surface area (Å²) in [6.45, 7) is 1.86. The summed E-state index contributed by atoms with van der Waals surface area (Å²) in [6.07, 6.45) is 2.46. The molecule has 0 bridgehead atoms. The Morgan fingerprint density at radius 3 is 2.73 bits per heavy atom. The van der Waals surface area contributed by atoms with Crippen molar-refractivity contribution in [3.63, 3.8) is 0 Å². The van der Waals surface area contributed by atoms with Crippen molar-refractivity contribution in [1.29, 1.82) is 0 Å². The largest absolute Gasteiger partial charge is 0.469 e. The van der Waals surface area contributed by atoms with Crippen LogP contribution in [0.25, 0.3) is 0 Å². The van der Waals surface area contributed by atoms with Crippen molar-refractivity contribution in [2.45, 2.75) is 25.3 Å². The van der Waals surface area contributed by atoms with Crippen molar-refractivity contribution in [3.8, 4) is 0 Å². The molecule has 1 atom stereocenters. The Labute approximate surface area is 86.8 Å². The molecule has 3 amide bonds. The molecule has 80 valence electrons. The lowest BCUT2D eigenvalue weighted by Crippen LogP contribution is -2.48. The summed E-state index contributed by atoms with van der Waals surface area (Å²) >= 11 is 0. The van der Waals surface area contributed by atoms with Gasteiger partial charge in [0.05, 0.1) is 6.26 Å². The summed E-state index contributed by atoms with van der Waals surface area (Å²) in [4.78, 5) is 22.7. The smallest absolute Gasteiger partial charge is 0.322 e. The number of urea groups is 1. The molecule has 0 aromatic carbocycles. The molecule has 0 saturated carbocycles. The van der Waals surface area contributed by atoms with E-state index in [2.05, 4.69) is 10.6 Å².